The summed E-state index contributed by atoms with van der Waals surface area (Å²) < 4.78 is 0. The Morgan fingerprint density at radius 3 is 2.92 bits per heavy atom. The lowest BCUT2D eigenvalue weighted by Gasteiger charge is -1.96. The van der Waals surface area contributed by atoms with Gasteiger partial charge in [0.25, 0.3) is 5.91 Å². The van der Waals surface area contributed by atoms with Gasteiger partial charge in [0.2, 0.25) is 0 Å². The van der Waals surface area contributed by atoms with E-state index in [0.717, 1.165) is 6.26 Å². The number of carbonyl (C=O) groups excluding carboxylic acids is 1. The molecule has 1 aliphatic heterocycles. The summed E-state index contributed by atoms with van der Waals surface area (Å²) >= 11 is 5.75. The summed E-state index contributed by atoms with van der Waals surface area (Å²) in [7, 11) is 0. The number of fused-ring (bicyclic) bond motifs is 1. The van der Waals surface area contributed by atoms with Gasteiger partial charge in [-0.1, -0.05) is 11.6 Å². The van der Waals surface area contributed by atoms with Gasteiger partial charge in [-0.05, 0) is 18.2 Å². The van der Waals surface area contributed by atoms with E-state index in [-0.39, 0.29) is 11.5 Å². The van der Waals surface area contributed by atoms with Gasteiger partial charge in [0.15, 0.2) is 0 Å². The van der Waals surface area contributed by atoms with Crippen LogP contribution in [-0.2, 0) is 4.79 Å². The predicted octanol–water partition coefficient (Wildman–Crippen LogP) is 2.19. The molecule has 1 amide bonds. The highest BCUT2D eigenvalue weighted by atomic mass is 35.5. The van der Waals surface area contributed by atoms with Crippen molar-refractivity contribution in [3.63, 3.8) is 0 Å². The molecule has 0 saturated heterocycles. The molecular formula is C9H6ClNO2. The second-order valence-electron chi connectivity index (χ2n) is 2.69. The minimum Gasteiger partial charge on any atom is -0.515 e. The highest BCUT2D eigenvalue weighted by molar-refractivity contribution is 6.34. The number of nitrogens with one attached hydrogen (secondary N) is 1. The van der Waals surface area contributed by atoms with Crippen LogP contribution in [0.3, 0.4) is 0 Å². The fourth-order valence-corrected chi connectivity index (χ4v) is 1.46. The lowest BCUT2D eigenvalue weighted by Crippen LogP contribution is -2.03. The first kappa shape index (κ1) is 8.13. The van der Waals surface area contributed by atoms with E-state index in [1.54, 1.807) is 18.2 Å². The third-order valence-corrected chi connectivity index (χ3v) is 2.13. The quantitative estimate of drug-likeness (QED) is 0.493. The van der Waals surface area contributed by atoms with Gasteiger partial charge in [0, 0.05) is 16.3 Å². The Labute approximate surface area is 79.6 Å². The monoisotopic (exact) mass is 195 g/mol. The van der Waals surface area contributed by atoms with E-state index in [2.05, 4.69) is 5.32 Å². The minimum absolute atomic E-state index is 0.248. The number of amides is 1. The van der Waals surface area contributed by atoms with Crippen molar-refractivity contribution in [2.24, 2.45) is 0 Å². The SMILES string of the molecule is O=C1Nc2ccc(Cl)cc2C1=CO. The molecule has 66 valence electrons. The first-order chi connectivity index (χ1) is 6.22. The molecule has 2 N–H and O–H groups in total. The van der Waals surface area contributed by atoms with E-state index < -0.39 is 0 Å². The lowest BCUT2D eigenvalue weighted by molar-refractivity contribution is -0.110. The number of carbonyl (C=O) groups is 1. The van der Waals surface area contributed by atoms with Crippen molar-refractivity contribution in [3.05, 3.63) is 35.0 Å². The fraction of sp³-hybridized carbons (Fsp3) is 0. The van der Waals surface area contributed by atoms with Gasteiger partial charge in [-0.3, -0.25) is 4.79 Å². The fourth-order valence-electron chi connectivity index (χ4n) is 1.29. The molecule has 0 fully saturated rings. The van der Waals surface area contributed by atoms with Gasteiger partial charge >= 0.3 is 0 Å². The van der Waals surface area contributed by atoms with Gasteiger partial charge in [-0.15, -0.1) is 0 Å². The van der Waals surface area contributed by atoms with E-state index in [0.29, 0.717) is 16.3 Å². The van der Waals surface area contributed by atoms with Gasteiger partial charge < -0.3 is 10.4 Å². The highest BCUT2D eigenvalue weighted by Crippen LogP contribution is 2.33. The van der Waals surface area contributed by atoms with Crippen LogP contribution in [0.1, 0.15) is 5.56 Å². The van der Waals surface area contributed by atoms with Crippen molar-refractivity contribution in [1.82, 2.24) is 0 Å². The summed E-state index contributed by atoms with van der Waals surface area (Å²) in [5, 5.41) is 11.9. The molecule has 0 aromatic heterocycles. The molecule has 0 unspecified atom stereocenters. The van der Waals surface area contributed by atoms with Gasteiger partial charge in [0.05, 0.1) is 11.8 Å². The zero-order chi connectivity index (χ0) is 9.42. The van der Waals surface area contributed by atoms with Crippen LogP contribution in [0.4, 0.5) is 5.69 Å². The maximum absolute atomic E-state index is 11.2. The van der Waals surface area contributed by atoms with Crippen LogP contribution in [0.5, 0.6) is 0 Å². The Balaban J connectivity index is 2.63. The molecule has 1 aromatic rings. The average Bonchev–Trinajstić information content (AvgIpc) is 2.40. The van der Waals surface area contributed by atoms with Gasteiger partial charge in [-0.2, -0.15) is 0 Å². The van der Waals surface area contributed by atoms with E-state index in [1.807, 2.05) is 0 Å². The first-order valence-electron chi connectivity index (χ1n) is 3.68. The van der Waals surface area contributed by atoms with E-state index >= 15 is 0 Å². The Bertz CT molecular complexity index is 412. The zero-order valence-corrected chi connectivity index (χ0v) is 7.30. The van der Waals surface area contributed by atoms with E-state index in [9.17, 15) is 4.79 Å². The Kier molecular flexibility index (Phi) is 1.74. The molecule has 0 aliphatic carbocycles. The molecule has 3 nitrogen and oxygen atoms in total. The summed E-state index contributed by atoms with van der Waals surface area (Å²) in [6.07, 6.45) is 0.789. The Morgan fingerprint density at radius 2 is 2.23 bits per heavy atom. The van der Waals surface area contributed by atoms with Crippen molar-refractivity contribution in [2.75, 3.05) is 5.32 Å². The number of rotatable bonds is 0. The molecule has 13 heavy (non-hydrogen) atoms. The minimum atomic E-state index is -0.306. The molecule has 1 aliphatic rings. The average molecular weight is 196 g/mol. The molecule has 1 aromatic carbocycles. The summed E-state index contributed by atoms with van der Waals surface area (Å²) in [6.45, 7) is 0. The molecule has 1 heterocycles. The second kappa shape index (κ2) is 2.78. The first-order valence-corrected chi connectivity index (χ1v) is 4.06. The smallest absolute Gasteiger partial charge is 0.259 e. The molecule has 0 spiro atoms. The Hall–Kier alpha value is -1.48. The molecular weight excluding hydrogens is 190 g/mol. The largest absolute Gasteiger partial charge is 0.515 e. The van der Waals surface area contributed by atoms with Crippen LogP contribution in [0.25, 0.3) is 5.57 Å². The van der Waals surface area contributed by atoms with E-state index in [4.69, 9.17) is 16.7 Å². The van der Waals surface area contributed by atoms with Crippen molar-refractivity contribution in [2.45, 2.75) is 0 Å². The maximum Gasteiger partial charge on any atom is 0.259 e. The number of aliphatic hydroxyl groups is 1. The highest BCUT2D eigenvalue weighted by Gasteiger charge is 2.24. The number of aliphatic hydroxyl groups excluding tert-OH is 1. The van der Waals surface area contributed by atoms with Crippen molar-refractivity contribution in [3.8, 4) is 0 Å². The molecule has 0 atom stereocenters. The van der Waals surface area contributed by atoms with Gasteiger partial charge in [-0.25, -0.2) is 0 Å². The molecule has 0 radical (unpaired) electrons. The standard InChI is InChI=1S/C9H6ClNO2/c10-5-1-2-8-6(3-5)7(4-12)9(13)11-8/h1-4,12H,(H,11,13). The van der Waals surface area contributed by atoms with Gasteiger partial charge in [0.1, 0.15) is 0 Å². The third-order valence-electron chi connectivity index (χ3n) is 1.89. The number of halogens is 1. The number of benzene rings is 1. The number of anilines is 1. The molecule has 4 heteroatoms. The van der Waals surface area contributed by atoms with E-state index in [1.165, 1.54) is 0 Å². The molecule has 0 bridgehead atoms. The van der Waals surface area contributed by atoms with Crippen LogP contribution in [0.15, 0.2) is 24.5 Å². The number of hydrogen-bond donors (Lipinski definition) is 2. The van der Waals surface area contributed by atoms with Crippen LogP contribution >= 0.6 is 11.6 Å². The van der Waals surface area contributed by atoms with Crippen LogP contribution in [0, 0.1) is 0 Å². The summed E-state index contributed by atoms with van der Waals surface area (Å²) in [6, 6.07) is 5.02. The van der Waals surface area contributed by atoms with Crippen molar-refractivity contribution in [1.29, 1.82) is 0 Å². The van der Waals surface area contributed by atoms with Crippen molar-refractivity contribution >= 4 is 28.8 Å². The van der Waals surface area contributed by atoms with Crippen molar-refractivity contribution < 1.29 is 9.90 Å². The lowest BCUT2D eigenvalue weighted by atomic mass is 10.1. The molecule has 0 saturated carbocycles. The zero-order valence-electron chi connectivity index (χ0n) is 6.54. The van der Waals surface area contributed by atoms with Crippen LogP contribution < -0.4 is 5.32 Å². The predicted molar refractivity (Wildman–Crippen MR) is 50.7 cm³/mol. The summed E-state index contributed by atoms with van der Waals surface area (Å²) in [5.74, 6) is -0.306. The number of hydrogen-bond acceptors (Lipinski definition) is 2. The maximum atomic E-state index is 11.2. The normalized spacial score (nSPS) is 17.3. The molecule has 2 rings (SSSR count). The second-order valence-corrected chi connectivity index (χ2v) is 3.12. The van der Waals surface area contributed by atoms with Crippen LogP contribution in [-0.4, -0.2) is 11.0 Å². The van der Waals surface area contributed by atoms with Crippen LogP contribution in [0.2, 0.25) is 5.02 Å². The third kappa shape index (κ3) is 1.17. The summed E-state index contributed by atoms with van der Waals surface area (Å²) in [4.78, 5) is 11.2. The topological polar surface area (TPSA) is 49.3 Å². The summed E-state index contributed by atoms with van der Waals surface area (Å²) in [5.41, 5.74) is 1.56. The Morgan fingerprint density at radius 1 is 1.46 bits per heavy atom.